The van der Waals surface area contributed by atoms with Crippen molar-refractivity contribution >= 4 is 33.4 Å². The number of nitrogens with two attached hydrogens (primary N) is 1. The van der Waals surface area contributed by atoms with Gasteiger partial charge in [0.25, 0.3) is 5.56 Å². The van der Waals surface area contributed by atoms with Crippen LogP contribution in [-0.4, -0.2) is 26.5 Å². The van der Waals surface area contributed by atoms with Crippen LogP contribution in [0.3, 0.4) is 0 Å². The van der Waals surface area contributed by atoms with E-state index in [9.17, 15) is 19.5 Å². The van der Waals surface area contributed by atoms with Crippen LogP contribution in [0.15, 0.2) is 11.1 Å². The number of aliphatic carboxylic acids is 1. The maximum absolute atomic E-state index is 12.5. The topological polar surface area (TPSA) is 115 Å². The van der Waals surface area contributed by atoms with Crippen molar-refractivity contribution in [3.63, 3.8) is 0 Å². The molecule has 0 radical (unpaired) electrons. The van der Waals surface area contributed by atoms with Crippen LogP contribution in [0.2, 0.25) is 0 Å². The first kappa shape index (κ1) is 13.7. The predicted molar refractivity (Wildman–Crippen MR) is 76.4 cm³/mol. The number of nitrogens with zero attached hydrogens (tertiary/aromatic N) is 2. The van der Waals surface area contributed by atoms with Crippen molar-refractivity contribution < 1.29 is 14.7 Å². The lowest BCUT2D eigenvalue weighted by molar-refractivity contribution is -0.139. The third kappa shape index (κ3) is 2.21. The van der Waals surface area contributed by atoms with Crippen LogP contribution in [0.25, 0.3) is 10.2 Å². The van der Waals surface area contributed by atoms with Gasteiger partial charge in [-0.3, -0.25) is 19.0 Å². The molecule has 1 unspecified atom stereocenters. The number of thiophene rings is 1. The average Bonchev–Trinajstić information content (AvgIpc) is 2.80. The standard InChI is InChI=1S/C13H13N3O4S/c14-8(17)4-16-5-15-11-10(12(16)18)9-6(13(19)20)2-1-3-7(9)21-11/h5-6H,1-4H2,(H2,14,17)(H,19,20). The predicted octanol–water partition coefficient (Wildman–Crippen LogP) is 0.448. The number of amides is 1. The van der Waals surface area contributed by atoms with Gasteiger partial charge in [-0.15, -0.1) is 11.3 Å². The summed E-state index contributed by atoms with van der Waals surface area (Å²) in [5.74, 6) is -2.25. The summed E-state index contributed by atoms with van der Waals surface area (Å²) < 4.78 is 1.13. The van der Waals surface area contributed by atoms with Crippen LogP contribution in [-0.2, 0) is 22.6 Å². The number of carbonyl (C=O) groups excluding carboxylic acids is 1. The fraction of sp³-hybridized carbons (Fsp3) is 0.385. The third-order valence-electron chi connectivity index (χ3n) is 3.66. The molecule has 8 heteroatoms. The van der Waals surface area contributed by atoms with Gasteiger partial charge in [0.15, 0.2) is 0 Å². The van der Waals surface area contributed by atoms with Crippen molar-refractivity contribution in [2.75, 3.05) is 0 Å². The highest BCUT2D eigenvalue weighted by Crippen LogP contribution is 2.40. The van der Waals surface area contributed by atoms with Crippen molar-refractivity contribution in [1.29, 1.82) is 0 Å². The van der Waals surface area contributed by atoms with Gasteiger partial charge in [0.05, 0.1) is 17.6 Å². The van der Waals surface area contributed by atoms with E-state index in [4.69, 9.17) is 5.73 Å². The van der Waals surface area contributed by atoms with Gasteiger partial charge < -0.3 is 10.8 Å². The molecule has 2 heterocycles. The van der Waals surface area contributed by atoms with Crippen LogP contribution in [0, 0.1) is 0 Å². The summed E-state index contributed by atoms with van der Waals surface area (Å²) in [5.41, 5.74) is 5.28. The Hall–Kier alpha value is -2.22. The Kier molecular flexibility index (Phi) is 3.25. The zero-order valence-electron chi connectivity index (χ0n) is 11.0. The number of carboxylic acids is 1. The normalized spacial score (nSPS) is 17.6. The zero-order chi connectivity index (χ0) is 15.1. The van der Waals surface area contributed by atoms with Gasteiger partial charge in [-0.05, 0) is 24.8 Å². The molecule has 3 rings (SSSR count). The van der Waals surface area contributed by atoms with Crippen LogP contribution in [0.1, 0.15) is 29.2 Å². The summed E-state index contributed by atoms with van der Waals surface area (Å²) in [6.07, 6.45) is 3.34. The van der Waals surface area contributed by atoms with Crippen molar-refractivity contribution in [2.45, 2.75) is 31.7 Å². The van der Waals surface area contributed by atoms with Gasteiger partial charge in [0.2, 0.25) is 5.91 Å². The van der Waals surface area contributed by atoms with E-state index in [-0.39, 0.29) is 6.54 Å². The lowest BCUT2D eigenvalue weighted by Crippen LogP contribution is -2.29. The zero-order valence-corrected chi connectivity index (χ0v) is 11.9. The molecule has 7 nitrogen and oxygen atoms in total. The van der Waals surface area contributed by atoms with Crippen LogP contribution in [0.4, 0.5) is 0 Å². The number of rotatable bonds is 3. The molecule has 1 aliphatic rings. The molecule has 0 saturated heterocycles. The molecule has 2 aromatic rings. The van der Waals surface area contributed by atoms with Crippen LogP contribution < -0.4 is 11.3 Å². The average molecular weight is 307 g/mol. The number of carboxylic acid groups (broad SMARTS) is 1. The monoisotopic (exact) mass is 307 g/mol. The van der Waals surface area contributed by atoms with E-state index in [1.54, 1.807) is 0 Å². The van der Waals surface area contributed by atoms with Crippen molar-refractivity contribution in [2.24, 2.45) is 5.73 Å². The Morgan fingerprint density at radius 1 is 1.52 bits per heavy atom. The Bertz CT molecular complexity index is 808. The second-order valence-electron chi connectivity index (χ2n) is 5.05. The first-order valence-electron chi connectivity index (χ1n) is 6.51. The van der Waals surface area contributed by atoms with Gasteiger partial charge in [-0.1, -0.05) is 0 Å². The molecule has 0 saturated carbocycles. The molecule has 110 valence electrons. The molecule has 1 amide bonds. The molecule has 0 aromatic carbocycles. The minimum Gasteiger partial charge on any atom is -0.481 e. The number of fused-ring (bicyclic) bond motifs is 3. The van der Waals surface area contributed by atoms with Gasteiger partial charge in [-0.2, -0.15) is 0 Å². The number of hydrogen-bond donors (Lipinski definition) is 2. The lowest BCUT2D eigenvalue weighted by Gasteiger charge is -2.18. The molecule has 21 heavy (non-hydrogen) atoms. The van der Waals surface area contributed by atoms with Crippen LogP contribution in [0.5, 0.6) is 0 Å². The molecule has 1 atom stereocenters. The fourth-order valence-electron chi connectivity index (χ4n) is 2.79. The van der Waals surface area contributed by atoms with Crippen molar-refractivity contribution in [3.8, 4) is 0 Å². The van der Waals surface area contributed by atoms with Gasteiger partial charge in [0, 0.05) is 4.88 Å². The number of carbonyl (C=O) groups is 2. The fourth-order valence-corrected chi connectivity index (χ4v) is 4.02. The van der Waals surface area contributed by atoms with E-state index in [1.807, 2.05) is 0 Å². The van der Waals surface area contributed by atoms with Crippen molar-refractivity contribution in [1.82, 2.24) is 9.55 Å². The highest BCUT2D eigenvalue weighted by atomic mass is 32.1. The molecular formula is C13H13N3O4S. The first-order valence-corrected chi connectivity index (χ1v) is 7.32. The van der Waals surface area contributed by atoms with E-state index >= 15 is 0 Å². The molecule has 0 bridgehead atoms. The maximum atomic E-state index is 12.5. The number of hydrogen-bond acceptors (Lipinski definition) is 5. The highest BCUT2D eigenvalue weighted by Gasteiger charge is 2.32. The lowest BCUT2D eigenvalue weighted by atomic mass is 9.86. The second kappa shape index (κ2) is 4.96. The first-order chi connectivity index (χ1) is 9.99. The Morgan fingerprint density at radius 3 is 2.95 bits per heavy atom. The Balaban J connectivity index is 2.28. The molecule has 0 fully saturated rings. The molecule has 0 aliphatic heterocycles. The maximum Gasteiger partial charge on any atom is 0.311 e. The summed E-state index contributed by atoms with van der Waals surface area (Å²) in [6.45, 7) is -0.260. The minimum atomic E-state index is -0.930. The van der Waals surface area contributed by atoms with E-state index in [0.29, 0.717) is 22.2 Å². The number of primary amides is 1. The highest BCUT2D eigenvalue weighted by molar-refractivity contribution is 7.18. The molecule has 0 spiro atoms. The third-order valence-corrected chi connectivity index (χ3v) is 4.84. The van der Waals surface area contributed by atoms with E-state index in [2.05, 4.69) is 4.98 Å². The van der Waals surface area contributed by atoms with Gasteiger partial charge in [0.1, 0.15) is 11.4 Å². The molecule has 2 aromatic heterocycles. The quantitative estimate of drug-likeness (QED) is 0.854. The molecule has 1 aliphatic carbocycles. The Morgan fingerprint density at radius 2 is 2.29 bits per heavy atom. The summed E-state index contributed by atoms with van der Waals surface area (Å²) in [5, 5.41) is 9.69. The summed E-state index contributed by atoms with van der Waals surface area (Å²) in [4.78, 5) is 40.5. The smallest absolute Gasteiger partial charge is 0.311 e. The SMILES string of the molecule is NC(=O)Cn1cnc2sc3c(c2c1=O)C(C(=O)O)CCC3. The van der Waals surface area contributed by atoms with E-state index in [0.717, 1.165) is 22.3 Å². The number of aromatic nitrogens is 2. The molecule has 3 N–H and O–H groups in total. The largest absolute Gasteiger partial charge is 0.481 e. The van der Waals surface area contributed by atoms with E-state index < -0.39 is 23.4 Å². The number of aryl methyl sites for hydroxylation is 1. The Labute approximate surface area is 123 Å². The minimum absolute atomic E-state index is 0.260. The summed E-state index contributed by atoms with van der Waals surface area (Å²) in [6, 6.07) is 0. The van der Waals surface area contributed by atoms with Crippen molar-refractivity contribution in [3.05, 3.63) is 27.1 Å². The van der Waals surface area contributed by atoms with Gasteiger partial charge >= 0.3 is 5.97 Å². The van der Waals surface area contributed by atoms with Gasteiger partial charge in [-0.25, -0.2) is 4.98 Å². The van der Waals surface area contributed by atoms with Crippen LogP contribution >= 0.6 is 11.3 Å². The van der Waals surface area contributed by atoms with E-state index in [1.165, 1.54) is 17.7 Å². The summed E-state index contributed by atoms with van der Waals surface area (Å²) >= 11 is 1.36. The second-order valence-corrected chi connectivity index (χ2v) is 6.13. The summed E-state index contributed by atoms with van der Waals surface area (Å²) in [7, 11) is 0. The molecular weight excluding hydrogens is 294 g/mol.